The van der Waals surface area contributed by atoms with E-state index in [1.165, 1.54) is 48.3 Å². The molecule has 2 aliphatic rings. The second kappa shape index (κ2) is 7.19. The van der Waals surface area contributed by atoms with Crippen LogP contribution in [-0.2, 0) is 0 Å². The van der Waals surface area contributed by atoms with Crippen LogP contribution in [0.2, 0.25) is 0 Å². The summed E-state index contributed by atoms with van der Waals surface area (Å²) in [6, 6.07) is 9.70. The molecule has 0 saturated heterocycles. The minimum Gasteiger partial charge on any atom is -0.310 e. The van der Waals surface area contributed by atoms with E-state index in [2.05, 4.69) is 55.2 Å². The molecule has 3 rings (SSSR count). The fraction of sp³-hybridized carbons (Fsp3) is 0.684. The van der Waals surface area contributed by atoms with Crippen LogP contribution in [0.3, 0.4) is 0 Å². The molecule has 2 saturated carbocycles. The molecule has 4 unspecified atom stereocenters. The Hall–Kier alpha value is -0.470. The third-order valence-corrected chi connectivity index (χ3v) is 6.63. The molecule has 0 spiro atoms. The summed E-state index contributed by atoms with van der Waals surface area (Å²) in [5.74, 6) is 4.47. The van der Waals surface area contributed by atoms with Crippen LogP contribution in [0.1, 0.15) is 57.6 Å². The maximum atomic E-state index is 3.56. The van der Waals surface area contributed by atoms with Gasteiger partial charge in [0.2, 0.25) is 0 Å². The van der Waals surface area contributed by atoms with Crippen molar-refractivity contribution >= 4 is 11.8 Å². The van der Waals surface area contributed by atoms with Crippen LogP contribution >= 0.6 is 11.8 Å². The lowest BCUT2D eigenvalue weighted by atomic mass is 9.90. The first-order chi connectivity index (χ1) is 10.3. The van der Waals surface area contributed by atoms with Gasteiger partial charge in [0.15, 0.2) is 0 Å². The van der Waals surface area contributed by atoms with E-state index < -0.39 is 0 Å². The van der Waals surface area contributed by atoms with E-state index in [9.17, 15) is 0 Å². The molecule has 0 aliphatic heterocycles. The van der Waals surface area contributed by atoms with E-state index in [4.69, 9.17) is 0 Å². The van der Waals surface area contributed by atoms with Crippen molar-refractivity contribution in [2.75, 3.05) is 12.3 Å². The highest BCUT2D eigenvalue weighted by Crippen LogP contribution is 2.49. The minimum atomic E-state index is 0.467. The number of rotatable bonds is 7. The van der Waals surface area contributed by atoms with Crippen LogP contribution in [0.25, 0.3) is 0 Å². The SMILES string of the molecule is CCCNC(C)c1ccc(SCC2CC3CCC2C3)cc1. The van der Waals surface area contributed by atoms with Crippen molar-refractivity contribution in [3.05, 3.63) is 29.8 Å². The normalized spacial score (nSPS) is 29.0. The zero-order valence-electron chi connectivity index (χ0n) is 13.5. The van der Waals surface area contributed by atoms with Crippen molar-refractivity contribution in [2.45, 2.75) is 56.9 Å². The highest BCUT2D eigenvalue weighted by Gasteiger charge is 2.39. The molecule has 2 aliphatic carbocycles. The smallest absolute Gasteiger partial charge is 0.0291 e. The quantitative estimate of drug-likeness (QED) is 0.688. The largest absolute Gasteiger partial charge is 0.310 e. The van der Waals surface area contributed by atoms with E-state index in [-0.39, 0.29) is 0 Å². The van der Waals surface area contributed by atoms with E-state index in [1.54, 1.807) is 0 Å². The Kier molecular flexibility index (Phi) is 5.29. The fourth-order valence-electron chi connectivity index (χ4n) is 4.12. The lowest BCUT2D eigenvalue weighted by molar-refractivity contribution is 0.365. The molecule has 1 aromatic carbocycles. The first-order valence-corrected chi connectivity index (χ1v) is 9.71. The predicted molar refractivity (Wildman–Crippen MR) is 92.8 cm³/mol. The molecule has 2 fully saturated rings. The molecule has 4 atom stereocenters. The Labute approximate surface area is 134 Å². The Balaban J connectivity index is 1.48. The van der Waals surface area contributed by atoms with Crippen LogP contribution in [-0.4, -0.2) is 12.3 Å². The molecule has 21 heavy (non-hydrogen) atoms. The average Bonchev–Trinajstić information content (AvgIpc) is 3.14. The van der Waals surface area contributed by atoms with Gasteiger partial charge in [-0.1, -0.05) is 25.5 Å². The summed E-state index contributed by atoms with van der Waals surface area (Å²) in [5, 5.41) is 3.56. The van der Waals surface area contributed by atoms with Crippen molar-refractivity contribution < 1.29 is 0 Å². The van der Waals surface area contributed by atoms with Gasteiger partial charge in [-0.05, 0) is 74.6 Å². The van der Waals surface area contributed by atoms with Crippen molar-refractivity contribution in [3.8, 4) is 0 Å². The van der Waals surface area contributed by atoms with Crippen molar-refractivity contribution in [1.82, 2.24) is 5.32 Å². The van der Waals surface area contributed by atoms with Crippen LogP contribution in [0.5, 0.6) is 0 Å². The van der Waals surface area contributed by atoms with E-state index in [0.717, 1.165) is 24.3 Å². The zero-order chi connectivity index (χ0) is 14.7. The molecule has 0 heterocycles. The Morgan fingerprint density at radius 1 is 1.19 bits per heavy atom. The van der Waals surface area contributed by atoms with Gasteiger partial charge in [-0.3, -0.25) is 0 Å². The third-order valence-electron chi connectivity index (χ3n) is 5.43. The molecular formula is C19H29NS. The fourth-order valence-corrected chi connectivity index (χ4v) is 5.26. The van der Waals surface area contributed by atoms with Gasteiger partial charge < -0.3 is 5.32 Å². The van der Waals surface area contributed by atoms with E-state index >= 15 is 0 Å². The summed E-state index contributed by atoms with van der Waals surface area (Å²) in [5.41, 5.74) is 1.41. The van der Waals surface area contributed by atoms with Gasteiger partial charge in [0.25, 0.3) is 0 Å². The van der Waals surface area contributed by atoms with Crippen molar-refractivity contribution in [2.24, 2.45) is 17.8 Å². The second-order valence-corrected chi connectivity index (χ2v) is 8.08. The maximum absolute atomic E-state index is 3.56. The summed E-state index contributed by atoms with van der Waals surface area (Å²) < 4.78 is 0. The van der Waals surface area contributed by atoms with Gasteiger partial charge in [-0.2, -0.15) is 0 Å². The number of fused-ring (bicyclic) bond motifs is 2. The van der Waals surface area contributed by atoms with Crippen LogP contribution in [0, 0.1) is 17.8 Å². The number of hydrogen-bond donors (Lipinski definition) is 1. The highest BCUT2D eigenvalue weighted by molar-refractivity contribution is 7.99. The lowest BCUT2D eigenvalue weighted by Gasteiger charge is -2.21. The van der Waals surface area contributed by atoms with E-state index in [0.29, 0.717) is 6.04 Å². The minimum absolute atomic E-state index is 0.467. The molecule has 0 aromatic heterocycles. The van der Waals surface area contributed by atoms with Crippen molar-refractivity contribution in [3.63, 3.8) is 0 Å². The van der Waals surface area contributed by atoms with E-state index in [1.807, 2.05) is 0 Å². The van der Waals surface area contributed by atoms with Crippen LogP contribution in [0.15, 0.2) is 29.2 Å². The summed E-state index contributed by atoms with van der Waals surface area (Å²) >= 11 is 2.08. The lowest BCUT2D eigenvalue weighted by Crippen LogP contribution is -2.19. The van der Waals surface area contributed by atoms with Crippen molar-refractivity contribution in [1.29, 1.82) is 0 Å². The number of nitrogens with one attached hydrogen (secondary N) is 1. The first-order valence-electron chi connectivity index (χ1n) is 8.72. The molecule has 1 N–H and O–H groups in total. The average molecular weight is 304 g/mol. The molecule has 1 nitrogen and oxygen atoms in total. The molecule has 0 radical (unpaired) electrons. The molecule has 0 amide bonds. The monoisotopic (exact) mass is 303 g/mol. The van der Waals surface area contributed by atoms with Gasteiger partial charge in [0.05, 0.1) is 0 Å². The zero-order valence-corrected chi connectivity index (χ0v) is 14.3. The summed E-state index contributed by atoms with van der Waals surface area (Å²) in [4.78, 5) is 1.45. The van der Waals surface area contributed by atoms with Crippen LogP contribution < -0.4 is 5.32 Å². The maximum Gasteiger partial charge on any atom is 0.0291 e. The molecule has 116 valence electrons. The number of benzene rings is 1. The summed E-state index contributed by atoms with van der Waals surface area (Å²) in [7, 11) is 0. The topological polar surface area (TPSA) is 12.0 Å². The predicted octanol–water partition coefficient (Wildman–Crippen LogP) is 5.28. The van der Waals surface area contributed by atoms with Gasteiger partial charge >= 0.3 is 0 Å². The number of hydrogen-bond acceptors (Lipinski definition) is 2. The Morgan fingerprint density at radius 2 is 2.00 bits per heavy atom. The third kappa shape index (κ3) is 3.84. The summed E-state index contributed by atoms with van der Waals surface area (Å²) in [6.45, 7) is 5.57. The Bertz CT molecular complexity index is 441. The molecule has 2 bridgehead atoms. The van der Waals surface area contributed by atoms with Gasteiger partial charge in [-0.25, -0.2) is 0 Å². The standard InChI is InChI=1S/C19H29NS/c1-3-10-20-14(2)16-6-8-19(9-7-16)21-13-18-12-15-4-5-17(18)11-15/h6-9,14-15,17-18,20H,3-5,10-13H2,1-2H3. The molecular weight excluding hydrogens is 274 g/mol. The highest BCUT2D eigenvalue weighted by atomic mass is 32.2. The van der Waals surface area contributed by atoms with Crippen LogP contribution in [0.4, 0.5) is 0 Å². The first kappa shape index (κ1) is 15.4. The van der Waals surface area contributed by atoms with Gasteiger partial charge in [0, 0.05) is 16.7 Å². The molecule has 2 heteroatoms. The van der Waals surface area contributed by atoms with Gasteiger partial charge in [0.1, 0.15) is 0 Å². The number of thioether (sulfide) groups is 1. The van der Waals surface area contributed by atoms with Gasteiger partial charge in [-0.15, -0.1) is 11.8 Å². The Morgan fingerprint density at radius 3 is 2.62 bits per heavy atom. The summed E-state index contributed by atoms with van der Waals surface area (Å²) in [6.07, 6.45) is 7.26. The second-order valence-electron chi connectivity index (χ2n) is 6.99. The molecule has 1 aromatic rings.